The van der Waals surface area contributed by atoms with Crippen LogP contribution in [0.3, 0.4) is 0 Å². The molecule has 0 spiro atoms. The van der Waals surface area contributed by atoms with Crippen LogP contribution in [-0.4, -0.2) is 48.0 Å². The zero-order chi connectivity index (χ0) is 25.7. The SMILES string of the molecule is CN(C)c1ccc(C(=O)N[C@@H](Cc2c[nH]c3ccccc23)C(=O)Nc2ccc(C(=O)NO)cc2)cc1. The van der Waals surface area contributed by atoms with Gasteiger partial charge in [0.2, 0.25) is 5.91 Å². The van der Waals surface area contributed by atoms with Gasteiger partial charge in [0.25, 0.3) is 11.8 Å². The Labute approximate surface area is 208 Å². The number of hydrogen-bond acceptors (Lipinski definition) is 5. The van der Waals surface area contributed by atoms with E-state index in [2.05, 4.69) is 15.6 Å². The van der Waals surface area contributed by atoms with Crippen LogP contribution >= 0.6 is 0 Å². The van der Waals surface area contributed by atoms with Crippen molar-refractivity contribution in [1.82, 2.24) is 15.8 Å². The molecule has 0 fully saturated rings. The molecular weight excluding hydrogens is 458 g/mol. The van der Waals surface area contributed by atoms with Gasteiger partial charge in [0.1, 0.15) is 6.04 Å². The normalized spacial score (nSPS) is 11.5. The number of fused-ring (bicyclic) bond motifs is 1. The first-order chi connectivity index (χ1) is 17.4. The molecule has 5 N–H and O–H groups in total. The lowest BCUT2D eigenvalue weighted by Crippen LogP contribution is -2.45. The average molecular weight is 486 g/mol. The summed E-state index contributed by atoms with van der Waals surface area (Å²) in [5.74, 6) is -1.43. The highest BCUT2D eigenvalue weighted by Crippen LogP contribution is 2.20. The third-order valence-electron chi connectivity index (χ3n) is 5.88. The Bertz CT molecular complexity index is 1380. The monoisotopic (exact) mass is 485 g/mol. The van der Waals surface area contributed by atoms with Crippen molar-refractivity contribution in [3.63, 3.8) is 0 Å². The number of hydroxylamine groups is 1. The van der Waals surface area contributed by atoms with Gasteiger partial charge >= 0.3 is 0 Å². The summed E-state index contributed by atoms with van der Waals surface area (Å²) in [6, 6.07) is 20.0. The van der Waals surface area contributed by atoms with E-state index in [1.54, 1.807) is 29.7 Å². The minimum absolute atomic E-state index is 0.236. The second-order valence-corrected chi connectivity index (χ2v) is 8.54. The Kier molecular flexibility index (Phi) is 7.31. The van der Waals surface area contributed by atoms with E-state index < -0.39 is 17.9 Å². The number of H-pyrrole nitrogens is 1. The number of para-hydroxylation sites is 1. The molecule has 0 saturated carbocycles. The summed E-state index contributed by atoms with van der Waals surface area (Å²) in [7, 11) is 3.83. The molecule has 0 aliphatic rings. The van der Waals surface area contributed by atoms with E-state index in [0.29, 0.717) is 11.3 Å². The first-order valence-corrected chi connectivity index (χ1v) is 11.3. The van der Waals surface area contributed by atoms with Crippen LogP contribution in [-0.2, 0) is 11.2 Å². The highest BCUT2D eigenvalue weighted by molar-refractivity contribution is 6.02. The molecule has 3 aromatic carbocycles. The number of carbonyl (C=O) groups excluding carboxylic acids is 3. The number of benzene rings is 3. The fourth-order valence-corrected chi connectivity index (χ4v) is 3.88. The van der Waals surface area contributed by atoms with Crippen LogP contribution in [0, 0.1) is 0 Å². The summed E-state index contributed by atoms with van der Waals surface area (Å²) < 4.78 is 0. The van der Waals surface area contributed by atoms with Crippen molar-refractivity contribution >= 4 is 40.0 Å². The lowest BCUT2D eigenvalue weighted by Gasteiger charge is -2.19. The molecule has 0 aliphatic heterocycles. The van der Waals surface area contributed by atoms with Gasteiger partial charge in [0.15, 0.2) is 0 Å². The zero-order valence-corrected chi connectivity index (χ0v) is 19.9. The van der Waals surface area contributed by atoms with Crippen LogP contribution in [0.1, 0.15) is 26.3 Å². The second kappa shape index (κ2) is 10.7. The molecule has 9 nitrogen and oxygen atoms in total. The third-order valence-corrected chi connectivity index (χ3v) is 5.88. The van der Waals surface area contributed by atoms with Crippen LogP contribution in [0.4, 0.5) is 11.4 Å². The minimum atomic E-state index is -0.870. The summed E-state index contributed by atoms with van der Waals surface area (Å²) in [5.41, 5.74) is 5.48. The van der Waals surface area contributed by atoms with Crippen molar-refractivity contribution in [2.45, 2.75) is 12.5 Å². The van der Waals surface area contributed by atoms with Crippen LogP contribution in [0.15, 0.2) is 79.0 Å². The summed E-state index contributed by atoms with van der Waals surface area (Å²) in [6.45, 7) is 0. The van der Waals surface area contributed by atoms with Gasteiger partial charge < -0.3 is 20.5 Å². The van der Waals surface area contributed by atoms with Crippen LogP contribution in [0.2, 0.25) is 0 Å². The third kappa shape index (κ3) is 5.53. The maximum atomic E-state index is 13.3. The van der Waals surface area contributed by atoms with Gasteiger partial charge in [-0.15, -0.1) is 0 Å². The van der Waals surface area contributed by atoms with Gasteiger partial charge in [-0.1, -0.05) is 18.2 Å². The van der Waals surface area contributed by atoms with E-state index in [4.69, 9.17) is 5.21 Å². The van der Waals surface area contributed by atoms with Gasteiger partial charge in [-0.3, -0.25) is 19.6 Å². The quantitative estimate of drug-likeness (QED) is 0.193. The van der Waals surface area contributed by atoms with Crippen molar-refractivity contribution in [1.29, 1.82) is 0 Å². The van der Waals surface area contributed by atoms with Gasteiger partial charge in [-0.05, 0) is 60.2 Å². The number of rotatable bonds is 8. The van der Waals surface area contributed by atoms with Crippen molar-refractivity contribution in [2.24, 2.45) is 0 Å². The Morgan fingerprint density at radius 3 is 2.19 bits per heavy atom. The zero-order valence-electron chi connectivity index (χ0n) is 19.9. The molecule has 36 heavy (non-hydrogen) atoms. The molecule has 1 aromatic heterocycles. The molecule has 9 heteroatoms. The number of aromatic amines is 1. The van der Waals surface area contributed by atoms with Crippen molar-refractivity contribution in [3.8, 4) is 0 Å². The fraction of sp³-hybridized carbons (Fsp3) is 0.148. The summed E-state index contributed by atoms with van der Waals surface area (Å²) in [6.07, 6.45) is 2.10. The number of nitrogens with zero attached hydrogens (tertiary/aromatic N) is 1. The number of hydrogen-bond donors (Lipinski definition) is 5. The smallest absolute Gasteiger partial charge is 0.274 e. The minimum Gasteiger partial charge on any atom is -0.378 e. The molecule has 0 saturated heterocycles. The molecule has 0 unspecified atom stereocenters. The van der Waals surface area contributed by atoms with Gasteiger partial charge in [0.05, 0.1) is 0 Å². The van der Waals surface area contributed by atoms with Crippen LogP contribution < -0.4 is 21.0 Å². The van der Waals surface area contributed by atoms with E-state index in [9.17, 15) is 14.4 Å². The van der Waals surface area contributed by atoms with E-state index in [0.717, 1.165) is 22.2 Å². The van der Waals surface area contributed by atoms with Gasteiger partial charge in [-0.2, -0.15) is 0 Å². The Balaban J connectivity index is 1.56. The topological polar surface area (TPSA) is 127 Å². The van der Waals surface area contributed by atoms with Crippen molar-refractivity contribution in [2.75, 3.05) is 24.3 Å². The number of anilines is 2. The molecule has 4 rings (SSSR count). The molecule has 3 amide bonds. The van der Waals surface area contributed by atoms with Crippen molar-refractivity contribution < 1.29 is 19.6 Å². The molecular formula is C27H27N5O4. The van der Waals surface area contributed by atoms with E-state index in [1.165, 1.54) is 12.1 Å². The Morgan fingerprint density at radius 1 is 0.889 bits per heavy atom. The summed E-state index contributed by atoms with van der Waals surface area (Å²) in [4.78, 5) is 43.0. The lowest BCUT2D eigenvalue weighted by molar-refractivity contribution is -0.118. The fourth-order valence-electron chi connectivity index (χ4n) is 3.88. The highest BCUT2D eigenvalue weighted by Gasteiger charge is 2.24. The van der Waals surface area contributed by atoms with E-state index >= 15 is 0 Å². The number of carbonyl (C=O) groups is 3. The number of aromatic nitrogens is 1. The van der Waals surface area contributed by atoms with Crippen LogP contribution in [0.5, 0.6) is 0 Å². The maximum Gasteiger partial charge on any atom is 0.274 e. The number of amides is 3. The first kappa shape index (κ1) is 24.5. The molecule has 184 valence electrons. The second-order valence-electron chi connectivity index (χ2n) is 8.54. The first-order valence-electron chi connectivity index (χ1n) is 11.3. The standard InChI is InChI=1S/C27H27N5O4/c1-32(2)21-13-9-17(10-14-21)25(33)30-24(15-19-16-28-23-6-4-3-5-22(19)23)27(35)29-20-11-7-18(8-12-20)26(34)31-36/h3-14,16,24,28,36H,15H2,1-2H3,(H,29,35)(H,30,33)(H,31,34)/t24-/m0/s1. The molecule has 1 atom stereocenters. The molecule has 0 radical (unpaired) electrons. The maximum absolute atomic E-state index is 13.3. The average Bonchev–Trinajstić information content (AvgIpc) is 3.31. The molecule has 0 bridgehead atoms. The van der Waals surface area contributed by atoms with Gasteiger partial charge in [-0.25, -0.2) is 5.48 Å². The molecule has 1 heterocycles. The highest BCUT2D eigenvalue weighted by atomic mass is 16.5. The van der Waals surface area contributed by atoms with E-state index in [-0.39, 0.29) is 17.9 Å². The van der Waals surface area contributed by atoms with Gasteiger partial charge in [0, 0.05) is 60.1 Å². The Hall–Kier alpha value is -4.63. The Morgan fingerprint density at radius 2 is 1.53 bits per heavy atom. The van der Waals surface area contributed by atoms with Crippen molar-refractivity contribution in [3.05, 3.63) is 95.7 Å². The van der Waals surface area contributed by atoms with E-state index in [1.807, 2.05) is 61.6 Å². The largest absolute Gasteiger partial charge is 0.378 e. The number of nitrogens with one attached hydrogen (secondary N) is 4. The predicted octanol–water partition coefficient (Wildman–Crippen LogP) is 3.33. The van der Waals surface area contributed by atoms with Crippen LogP contribution in [0.25, 0.3) is 10.9 Å². The summed E-state index contributed by atoms with van der Waals surface area (Å²) in [5, 5.41) is 15.4. The predicted molar refractivity (Wildman–Crippen MR) is 138 cm³/mol. The molecule has 4 aromatic rings. The molecule has 0 aliphatic carbocycles. The summed E-state index contributed by atoms with van der Waals surface area (Å²) >= 11 is 0. The lowest BCUT2D eigenvalue weighted by atomic mass is 10.0.